The van der Waals surface area contributed by atoms with Gasteiger partial charge in [-0.25, -0.2) is 0 Å². The zero-order chi connectivity index (χ0) is 12.1. The summed E-state index contributed by atoms with van der Waals surface area (Å²) in [6, 6.07) is 6.96. The molecule has 5 heteroatoms. The van der Waals surface area contributed by atoms with Crippen molar-refractivity contribution in [1.82, 2.24) is 0 Å². The summed E-state index contributed by atoms with van der Waals surface area (Å²) in [5.41, 5.74) is 1.06. The van der Waals surface area contributed by atoms with Crippen molar-refractivity contribution in [1.29, 1.82) is 0 Å². The molecule has 1 heterocycles. The summed E-state index contributed by atoms with van der Waals surface area (Å²) in [6.45, 7) is 1.61. The van der Waals surface area contributed by atoms with Gasteiger partial charge < -0.3 is 10.1 Å². The number of hydrogen-bond acceptors (Lipinski definition) is 4. The van der Waals surface area contributed by atoms with E-state index in [2.05, 4.69) is 5.32 Å². The van der Waals surface area contributed by atoms with Gasteiger partial charge in [0.15, 0.2) is 0 Å². The monoisotopic (exact) mass is 236 g/mol. The lowest BCUT2D eigenvalue weighted by Crippen LogP contribution is -2.19. The number of nitro benzene ring substituents is 1. The molecule has 2 rings (SSSR count). The summed E-state index contributed by atoms with van der Waals surface area (Å²) >= 11 is 0. The van der Waals surface area contributed by atoms with Gasteiger partial charge in [0.2, 0.25) is 0 Å². The molecule has 1 saturated heterocycles. The molecular weight excluding hydrogens is 220 g/mol. The molecule has 0 amide bonds. The number of benzene rings is 1. The van der Waals surface area contributed by atoms with E-state index in [0.29, 0.717) is 6.04 Å². The molecule has 0 radical (unpaired) electrons. The topological polar surface area (TPSA) is 64.4 Å². The van der Waals surface area contributed by atoms with Crippen molar-refractivity contribution in [2.45, 2.75) is 25.3 Å². The third-order valence-electron chi connectivity index (χ3n) is 2.90. The predicted octanol–water partition coefficient (Wildman–Crippen LogP) is 2.58. The van der Waals surface area contributed by atoms with Crippen molar-refractivity contribution in [2.24, 2.45) is 0 Å². The standard InChI is InChI=1S/C12H16N2O3/c15-14(16)12-5-3-11(4-6-12)13-10-2-1-8-17-9-7-10/h3-6,10,13H,1-2,7-9H2. The Bertz CT molecular complexity index is 370. The number of non-ortho nitro benzene ring substituents is 1. The van der Waals surface area contributed by atoms with Crippen molar-refractivity contribution >= 4 is 11.4 Å². The summed E-state index contributed by atoms with van der Waals surface area (Å²) in [5, 5.41) is 13.9. The van der Waals surface area contributed by atoms with Crippen molar-refractivity contribution in [3.05, 3.63) is 34.4 Å². The van der Waals surface area contributed by atoms with E-state index in [0.717, 1.165) is 38.2 Å². The zero-order valence-corrected chi connectivity index (χ0v) is 9.59. The van der Waals surface area contributed by atoms with Crippen molar-refractivity contribution < 1.29 is 9.66 Å². The molecule has 92 valence electrons. The Balaban J connectivity index is 1.95. The van der Waals surface area contributed by atoms with Crippen LogP contribution in [0.5, 0.6) is 0 Å². The van der Waals surface area contributed by atoms with E-state index in [9.17, 15) is 10.1 Å². The van der Waals surface area contributed by atoms with Gasteiger partial charge in [-0.2, -0.15) is 0 Å². The van der Waals surface area contributed by atoms with Crippen LogP contribution in [0.15, 0.2) is 24.3 Å². The van der Waals surface area contributed by atoms with Crippen LogP contribution in [0.3, 0.4) is 0 Å². The first kappa shape index (κ1) is 11.9. The Hall–Kier alpha value is -1.62. The number of nitrogens with zero attached hydrogens (tertiary/aromatic N) is 1. The molecule has 1 aromatic carbocycles. The molecule has 1 aliphatic heterocycles. The number of anilines is 1. The van der Waals surface area contributed by atoms with E-state index >= 15 is 0 Å². The molecule has 1 unspecified atom stereocenters. The van der Waals surface area contributed by atoms with Crippen molar-refractivity contribution in [2.75, 3.05) is 18.5 Å². The second-order valence-electron chi connectivity index (χ2n) is 4.19. The first-order chi connectivity index (χ1) is 8.25. The number of ether oxygens (including phenoxy) is 1. The predicted molar refractivity (Wildman–Crippen MR) is 65.2 cm³/mol. The van der Waals surface area contributed by atoms with Gasteiger partial charge in [0, 0.05) is 37.1 Å². The van der Waals surface area contributed by atoms with Gasteiger partial charge in [-0.1, -0.05) is 0 Å². The van der Waals surface area contributed by atoms with Crippen LogP contribution >= 0.6 is 0 Å². The highest BCUT2D eigenvalue weighted by Gasteiger charge is 2.12. The van der Waals surface area contributed by atoms with Gasteiger partial charge in [0.25, 0.3) is 5.69 Å². The van der Waals surface area contributed by atoms with Crippen molar-refractivity contribution in [3.63, 3.8) is 0 Å². The third-order valence-corrected chi connectivity index (χ3v) is 2.90. The van der Waals surface area contributed by atoms with Crippen LogP contribution in [0.4, 0.5) is 11.4 Å². The van der Waals surface area contributed by atoms with Gasteiger partial charge in [-0.15, -0.1) is 0 Å². The fraction of sp³-hybridized carbons (Fsp3) is 0.500. The molecule has 1 atom stereocenters. The normalized spacial score (nSPS) is 20.6. The zero-order valence-electron chi connectivity index (χ0n) is 9.59. The molecule has 0 spiro atoms. The minimum Gasteiger partial charge on any atom is -0.382 e. The fourth-order valence-electron chi connectivity index (χ4n) is 1.96. The molecule has 0 aliphatic carbocycles. The maximum absolute atomic E-state index is 10.5. The van der Waals surface area contributed by atoms with E-state index in [1.165, 1.54) is 12.1 Å². The molecule has 17 heavy (non-hydrogen) atoms. The third kappa shape index (κ3) is 3.42. The van der Waals surface area contributed by atoms with E-state index < -0.39 is 0 Å². The Morgan fingerprint density at radius 2 is 2.00 bits per heavy atom. The average molecular weight is 236 g/mol. The Kier molecular flexibility index (Phi) is 3.93. The molecule has 1 N–H and O–H groups in total. The van der Waals surface area contributed by atoms with E-state index in [1.54, 1.807) is 12.1 Å². The van der Waals surface area contributed by atoms with Crippen LogP contribution in [-0.4, -0.2) is 24.2 Å². The highest BCUT2D eigenvalue weighted by atomic mass is 16.6. The highest BCUT2D eigenvalue weighted by Crippen LogP contribution is 2.19. The first-order valence-corrected chi connectivity index (χ1v) is 5.84. The lowest BCUT2D eigenvalue weighted by atomic mass is 10.1. The first-order valence-electron chi connectivity index (χ1n) is 5.84. The highest BCUT2D eigenvalue weighted by molar-refractivity contribution is 5.49. The van der Waals surface area contributed by atoms with Gasteiger partial charge in [-0.05, 0) is 31.4 Å². The molecule has 5 nitrogen and oxygen atoms in total. The lowest BCUT2D eigenvalue weighted by Gasteiger charge is -2.16. The van der Waals surface area contributed by atoms with E-state index in [-0.39, 0.29) is 10.6 Å². The summed E-state index contributed by atoms with van der Waals surface area (Å²) in [4.78, 5) is 10.1. The minimum absolute atomic E-state index is 0.125. The molecule has 0 aromatic heterocycles. The quantitative estimate of drug-likeness (QED) is 0.647. The molecule has 0 bridgehead atoms. The van der Waals surface area contributed by atoms with Crippen molar-refractivity contribution in [3.8, 4) is 0 Å². The second kappa shape index (κ2) is 5.63. The maximum Gasteiger partial charge on any atom is 0.269 e. The van der Waals surface area contributed by atoms with Gasteiger partial charge >= 0.3 is 0 Å². The SMILES string of the molecule is O=[N+]([O-])c1ccc(NC2CCCOCC2)cc1. The van der Waals surface area contributed by atoms with Crippen LogP contribution in [0, 0.1) is 10.1 Å². The van der Waals surface area contributed by atoms with Crippen LogP contribution in [-0.2, 0) is 4.74 Å². The van der Waals surface area contributed by atoms with Crippen LogP contribution < -0.4 is 5.32 Å². The van der Waals surface area contributed by atoms with Crippen LogP contribution in [0.2, 0.25) is 0 Å². The Labute approximate surface area is 99.9 Å². The largest absolute Gasteiger partial charge is 0.382 e. The van der Waals surface area contributed by atoms with Gasteiger partial charge in [0.1, 0.15) is 0 Å². The Morgan fingerprint density at radius 3 is 2.71 bits per heavy atom. The number of nitrogens with one attached hydrogen (secondary N) is 1. The summed E-state index contributed by atoms with van der Waals surface area (Å²) in [6.07, 6.45) is 3.12. The molecular formula is C12H16N2O3. The number of nitro groups is 1. The van der Waals surface area contributed by atoms with Gasteiger partial charge in [0.05, 0.1) is 4.92 Å². The van der Waals surface area contributed by atoms with Crippen LogP contribution in [0.25, 0.3) is 0 Å². The van der Waals surface area contributed by atoms with Gasteiger partial charge in [-0.3, -0.25) is 10.1 Å². The summed E-state index contributed by atoms with van der Waals surface area (Å²) in [5.74, 6) is 0. The molecule has 1 aliphatic rings. The number of hydrogen-bond donors (Lipinski definition) is 1. The van der Waals surface area contributed by atoms with E-state index in [4.69, 9.17) is 4.74 Å². The fourth-order valence-corrected chi connectivity index (χ4v) is 1.96. The summed E-state index contributed by atoms with van der Waals surface area (Å²) in [7, 11) is 0. The van der Waals surface area contributed by atoms with Crippen LogP contribution in [0.1, 0.15) is 19.3 Å². The molecule has 1 aromatic rings. The lowest BCUT2D eigenvalue weighted by molar-refractivity contribution is -0.384. The second-order valence-corrected chi connectivity index (χ2v) is 4.19. The smallest absolute Gasteiger partial charge is 0.269 e. The Morgan fingerprint density at radius 1 is 1.24 bits per heavy atom. The number of rotatable bonds is 3. The summed E-state index contributed by atoms with van der Waals surface area (Å²) < 4.78 is 5.38. The molecule has 0 saturated carbocycles. The minimum atomic E-state index is -0.386. The van der Waals surface area contributed by atoms with E-state index in [1.807, 2.05) is 0 Å². The maximum atomic E-state index is 10.5. The molecule has 1 fully saturated rings. The average Bonchev–Trinajstić information content (AvgIpc) is 2.58.